The molecule has 2 nitrogen and oxygen atoms in total. The summed E-state index contributed by atoms with van der Waals surface area (Å²) in [4.78, 5) is 2.36. The van der Waals surface area contributed by atoms with Gasteiger partial charge in [0.2, 0.25) is 0 Å². The molecule has 9 aromatic carbocycles. The Kier molecular flexibility index (Phi) is 7.18. The van der Waals surface area contributed by atoms with Crippen molar-refractivity contribution < 1.29 is 0 Å². The number of benzene rings is 9. The number of anilines is 3. The van der Waals surface area contributed by atoms with Crippen molar-refractivity contribution in [3.63, 3.8) is 0 Å². The lowest BCUT2D eigenvalue weighted by Crippen LogP contribution is -2.11. The molecular weight excluding hydrogens is 629 g/mol. The summed E-state index contributed by atoms with van der Waals surface area (Å²) in [6.07, 6.45) is 0. The molecule has 0 aliphatic carbocycles. The van der Waals surface area contributed by atoms with Gasteiger partial charge in [0.15, 0.2) is 0 Å². The Balaban J connectivity index is 1.11. The zero-order valence-corrected chi connectivity index (χ0v) is 28.5. The zero-order valence-electron chi connectivity index (χ0n) is 28.5. The van der Waals surface area contributed by atoms with Crippen LogP contribution in [0.1, 0.15) is 0 Å². The summed E-state index contributed by atoms with van der Waals surface area (Å²) < 4.78 is 2.43. The van der Waals surface area contributed by atoms with Crippen molar-refractivity contribution in [3.8, 4) is 27.9 Å². The Hall–Kier alpha value is -6.90. The smallest absolute Gasteiger partial charge is 0.0547 e. The van der Waals surface area contributed by atoms with Gasteiger partial charge in [0.25, 0.3) is 0 Å². The van der Waals surface area contributed by atoms with Crippen molar-refractivity contribution in [1.29, 1.82) is 0 Å². The molecule has 10 rings (SSSR count). The third kappa shape index (κ3) is 4.96. The van der Waals surface area contributed by atoms with Crippen LogP contribution in [0.25, 0.3) is 71.3 Å². The van der Waals surface area contributed by atoms with E-state index in [4.69, 9.17) is 0 Å². The minimum absolute atomic E-state index is 1.11. The van der Waals surface area contributed by atoms with Gasteiger partial charge in [-0.05, 0) is 92.8 Å². The van der Waals surface area contributed by atoms with E-state index >= 15 is 0 Å². The maximum atomic E-state index is 2.43. The number of aromatic nitrogens is 1. The lowest BCUT2D eigenvalue weighted by atomic mass is 10.00. The molecule has 1 heterocycles. The van der Waals surface area contributed by atoms with Gasteiger partial charge < -0.3 is 9.47 Å². The summed E-state index contributed by atoms with van der Waals surface area (Å²) in [6.45, 7) is 0. The van der Waals surface area contributed by atoms with Gasteiger partial charge in [-0.2, -0.15) is 0 Å². The summed E-state index contributed by atoms with van der Waals surface area (Å²) in [5, 5.41) is 7.68. The molecular formula is C50H34N2. The molecule has 0 atom stereocenters. The molecule has 0 unspecified atom stereocenters. The average molecular weight is 663 g/mol. The Morgan fingerprint density at radius 3 is 1.44 bits per heavy atom. The van der Waals surface area contributed by atoms with E-state index in [0.29, 0.717) is 0 Å². The van der Waals surface area contributed by atoms with Gasteiger partial charge in [-0.3, -0.25) is 0 Å². The van der Waals surface area contributed by atoms with E-state index in [1.165, 1.54) is 60.0 Å². The van der Waals surface area contributed by atoms with Crippen LogP contribution in [0.2, 0.25) is 0 Å². The highest BCUT2D eigenvalue weighted by Gasteiger charge is 2.19. The van der Waals surface area contributed by atoms with Crippen molar-refractivity contribution in [1.82, 2.24) is 4.57 Å². The van der Waals surface area contributed by atoms with E-state index in [1.54, 1.807) is 0 Å². The second-order valence-corrected chi connectivity index (χ2v) is 13.3. The first-order chi connectivity index (χ1) is 25.8. The molecule has 10 aromatic rings. The van der Waals surface area contributed by atoms with Crippen molar-refractivity contribution in [2.45, 2.75) is 0 Å². The molecule has 0 saturated heterocycles. The second kappa shape index (κ2) is 12.5. The average Bonchev–Trinajstić information content (AvgIpc) is 3.58. The normalized spacial score (nSPS) is 11.5. The molecule has 2 heteroatoms. The molecule has 52 heavy (non-hydrogen) atoms. The third-order valence-electron chi connectivity index (χ3n) is 10.4. The van der Waals surface area contributed by atoms with Crippen molar-refractivity contribution >= 4 is 60.4 Å². The predicted molar refractivity (Wildman–Crippen MR) is 221 cm³/mol. The number of hydrogen-bond acceptors (Lipinski definition) is 1. The van der Waals surface area contributed by atoms with Crippen LogP contribution in [-0.2, 0) is 0 Å². The largest absolute Gasteiger partial charge is 0.310 e. The van der Waals surface area contributed by atoms with Gasteiger partial charge in [-0.15, -0.1) is 0 Å². The quantitative estimate of drug-likeness (QED) is 0.172. The van der Waals surface area contributed by atoms with Gasteiger partial charge >= 0.3 is 0 Å². The number of rotatable bonds is 6. The summed E-state index contributed by atoms with van der Waals surface area (Å²) in [5.74, 6) is 0. The van der Waals surface area contributed by atoms with E-state index in [-0.39, 0.29) is 0 Å². The molecule has 0 radical (unpaired) electrons. The van der Waals surface area contributed by atoms with Crippen LogP contribution in [0, 0.1) is 0 Å². The number of hydrogen-bond donors (Lipinski definition) is 0. The molecule has 0 bridgehead atoms. The molecule has 0 saturated carbocycles. The summed E-state index contributed by atoms with van der Waals surface area (Å²) in [6, 6.07) is 74.5. The van der Waals surface area contributed by atoms with Crippen LogP contribution in [-0.4, -0.2) is 4.57 Å². The first-order valence-electron chi connectivity index (χ1n) is 17.9. The fraction of sp³-hybridized carbons (Fsp3) is 0. The SMILES string of the molecule is c1ccc(-c2ccc(N(c3ccccc3)c3ccccc3-c3ccc(-n4c5ccc6ccccc6c5c5c6ccccc6ccc54)cc3)cc2)cc1. The molecule has 0 N–H and O–H groups in total. The molecule has 0 aliphatic rings. The van der Waals surface area contributed by atoms with Crippen LogP contribution in [0.3, 0.4) is 0 Å². The van der Waals surface area contributed by atoms with E-state index < -0.39 is 0 Å². The maximum absolute atomic E-state index is 2.43. The first-order valence-corrected chi connectivity index (χ1v) is 17.9. The second-order valence-electron chi connectivity index (χ2n) is 13.3. The Morgan fingerprint density at radius 2 is 0.808 bits per heavy atom. The van der Waals surface area contributed by atoms with Crippen LogP contribution < -0.4 is 4.90 Å². The molecule has 0 spiro atoms. The fourth-order valence-electron chi connectivity index (χ4n) is 7.97. The summed E-state index contributed by atoms with van der Waals surface area (Å²) in [5.41, 5.74) is 11.7. The zero-order chi connectivity index (χ0) is 34.4. The van der Waals surface area contributed by atoms with Gasteiger partial charge in [-0.25, -0.2) is 0 Å². The number of nitrogens with zero attached hydrogens (tertiary/aromatic N) is 2. The standard InChI is InChI=1S/C50H34N2/c1-3-13-35(14-4-1)36-23-29-41(30-24-36)51(40-17-5-2-6-18-40)46-22-12-11-19-43(46)39-25-31-42(32-26-39)52-47-33-27-37-15-7-9-20-44(37)49(47)50-45-21-10-8-16-38(45)28-34-48(50)52/h1-34H. The van der Waals surface area contributed by atoms with Crippen molar-refractivity contribution in [2.75, 3.05) is 4.90 Å². The summed E-state index contributed by atoms with van der Waals surface area (Å²) >= 11 is 0. The van der Waals surface area contributed by atoms with E-state index in [9.17, 15) is 0 Å². The highest BCUT2D eigenvalue weighted by molar-refractivity contribution is 6.28. The predicted octanol–water partition coefficient (Wildman–Crippen LogP) is 13.9. The van der Waals surface area contributed by atoms with Crippen molar-refractivity contribution in [3.05, 3.63) is 206 Å². The van der Waals surface area contributed by atoms with Crippen molar-refractivity contribution in [2.24, 2.45) is 0 Å². The highest BCUT2D eigenvalue weighted by atomic mass is 15.1. The van der Waals surface area contributed by atoms with E-state index in [1.807, 2.05) is 0 Å². The van der Waals surface area contributed by atoms with Crippen LogP contribution >= 0.6 is 0 Å². The van der Waals surface area contributed by atoms with E-state index in [2.05, 4.69) is 216 Å². The molecule has 0 fully saturated rings. The number of fused-ring (bicyclic) bond motifs is 7. The Labute approximate surface area is 303 Å². The van der Waals surface area contributed by atoms with Gasteiger partial charge in [0, 0.05) is 33.4 Å². The fourth-order valence-corrected chi connectivity index (χ4v) is 7.97. The van der Waals surface area contributed by atoms with Crippen LogP contribution in [0.4, 0.5) is 17.1 Å². The molecule has 0 aliphatic heterocycles. The number of para-hydroxylation sites is 2. The Morgan fingerprint density at radius 1 is 0.327 bits per heavy atom. The first kappa shape index (κ1) is 30.0. The van der Waals surface area contributed by atoms with Crippen LogP contribution in [0.15, 0.2) is 206 Å². The topological polar surface area (TPSA) is 8.17 Å². The van der Waals surface area contributed by atoms with Gasteiger partial charge in [0.1, 0.15) is 0 Å². The minimum atomic E-state index is 1.11. The molecule has 0 amide bonds. The third-order valence-corrected chi connectivity index (χ3v) is 10.4. The lowest BCUT2D eigenvalue weighted by Gasteiger charge is -2.28. The lowest BCUT2D eigenvalue weighted by molar-refractivity contribution is 1.18. The van der Waals surface area contributed by atoms with Gasteiger partial charge in [-0.1, -0.05) is 152 Å². The molecule has 244 valence electrons. The Bertz CT molecular complexity index is 2780. The highest BCUT2D eigenvalue weighted by Crippen LogP contribution is 2.43. The summed E-state index contributed by atoms with van der Waals surface area (Å²) in [7, 11) is 0. The molecule has 1 aromatic heterocycles. The minimum Gasteiger partial charge on any atom is -0.310 e. The van der Waals surface area contributed by atoms with E-state index in [0.717, 1.165) is 28.3 Å². The van der Waals surface area contributed by atoms with Gasteiger partial charge in [0.05, 0.1) is 16.7 Å². The maximum Gasteiger partial charge on any atom is 0.0547 e. The monoisotopic (exact) mass is 662 g/mol. The van der Waals surface area contributed by atoms with Crippen LogP contribution in [0.5, 0.6) is 0 Å².